The number of methoxy groups -OCH3 is 1. The Bertz CT molecular complexity index is 985. The Morgan fingerprint density at radius 3 is 2.73 bits per heavy atom. The fraction of sp³-hybridized carbons (Fsp3) is 0.105. The lowest BCUT2D eigenvalue weighted by Crippen LogP contribution is -1.88. The Labute approximate surface area is 128 Å². The molecule has 3 heteroatoms. The van der Waals surface area contributed by atoms with Crippen LogP contribution in [0.1, 0.15) is 5.69 Å². The number of H-pyrrole nitrogens is 1. The monoisotopic (exact) mass is 288 g/mol. The average Bonchev–Trinajstić information content (AvgIpc) is 2.89. The van der Waals surface area contributed by atoms with Crippen LogP contribution in [0.25, 0.3) is 33.1 Å². The molecule has 2 aromatic heterocycles. The van der Waals surface area contributed by atoms with E-state index in [9.17, 15) is 0 Å². The second-order valence-corrected chi connectivity index (χ2v) is 5.43. The molecule has 108 valence electrons. The molecule has 0 bridgehead atoms. The van der Waals surface area contributed by atoms with Crippen molar-refractivity contribution < 1.29 is 4.74 Å². The average molecular weight is 288 g/mol. The van der Waals surface area contributed by atoms with Gasteiger partial charge in [0.1, 0.15) is 5.75 Å². The zero-order valence-electron chi connectivity index (χ0n) is 12.6. The molecular weight excluding hydrogens is 272 g/mol. The van der Waals surface area contributed by atoms with Crippen LogP contribution in [0.3, 0.4) is 0 Å². The molecule has 0 saturated heterocycles. The van der Waals surface area contributed by atoms with Gasteiger partial charge in [0.2, 0.25) is 0 Å². The summed E-state index contributed by atoms with van der Waals surface area (Å²) in [5, 5.41) is 2.29. The molecule has 0 radical (unpaired) electrons. The first kappa shape index (κ1) is 12.9. The summed E-state index contributed by atoms with van der Waals surface area (Å²) in [5.74, 6) is 0.852. The second kappa shape index (κ2) is 4.88. The van der Waals surface area contributed by atoms with Crippen LogP contribution in [-0.4, -0.2) is 17.1 Å². The summed E-state index contributed by atoms with van der Waals surface area (Å²) in [6.07, 6.45) is 0. The molecule has 3 nitrogen and oxygen atoms in total. The molecule has 0 aliphatic heterocycles. The first-order valence-corrected chi connectivity index (χ1v) is 7.29. The zero-order chi connectivity index (χ0) is 15.1. The summed E-state index contributed by atoms with van der Waals surface area (Å²) in [6, 6.07) is 18.5. The predicted molar refractivity (Wildman–Crippen MR) is 90.3 cm³/mol. The Kier molecular flexibility index (Phi) is 2.86. The van der Waals surface area contributed by atoms with E-state index in [4.69, 9.17) is 9.72 Å². The van der Waals surface area contributed by atoms with Crippen LogP contribution in [0.4, 0.5) is 0 Å². The fourth-order valence-corrected chi connectivity index (χ4v) is 2.98. The van der Waals surface area contributed by atoms with Gasteiger partial charge in [0.05, 0.1) is 18.3 Å². The number of aromatic nitrogens is 2. The number of aromatic amines is 1. The number of nitrogens with one attached hydrogen (secondary N) is 1. The third-order valence-corrected chi connectivity index (χ3v) is 4.05. The van der Waals surface area contributed by atoms with Crippen molar-refractivity contribution in [1.29, 1.82) is 0 Å². The third kappa shape index (κ3) is 1.94. The number of rotatable bonds is 2. The summed E-state index contributed by atoms with van der Waals surface area (Å²) in [4.78, 5) is 8.26. The highest BCUT2D eigenvalue weighted by Gasteiger charge is 2.11. The maximum atomic E-state index is 5.27. The number of aryl methyl sites for hydroxylation is 1. The number of nitrogens with zero attached hydrogens (tertiary/aromatic N) is 1. The summed E-state index contributed by atoms with van der Waals surface area (Å²) >= 11 is 0. The topological polar surface area (TPSA) is 37.9 Å². The van der Waals surface area contributed by atoms with Gasteiger partial charge in [0, 0.05) is 27.5 Å². The molecule has 0 saturated carbocycles. The molecule has 0 spiro atoms. The molecule has 0 amide bonds. The van der Waals surface area contributed by atoms with Gasteiger partial charge in [0.15, 0.2) is 0 Å². The van der Waals surface area contributed by atoms with E-state index in [0.717, 1.165) is 33.6 Å². The first-order valence-electron chi connectivity index (χ1n) is 7.29. The molecule has 1 N–H and O–H groups in total. The Balaban J connectivity index is 1.94. The fourth-order valence-electron chi connectivity index (χ4n) is 2.98. The number of fused-ring (bicyclic) bond motifs is 2. The van der Waals surface area contributed by atoms with Crippen LogP contribution >= 0.6 is 0 Å². The van der Waals surface area contributed by atoms with Crippen molar-refractivity contribution in [2.45, 2.75) is 6.92 Å². The van der Waals surface area contributed by atoms with Gasteiger partial charge < -0.3 is 9.72 Å². The van der Waals surface area contributed by atoms with Crippen LogP contribution < -0.4 is 4.74 Å². The molecule has 0 atom stereocenters. The Morgan fingerprint density at radius 1 is 1.00 bits per heavy atom. The van der Waals surface area contributed by atoms with Gasteiger partial charge in [-0.1, -0.05) is 24.3 Å². The van der Waals surface area contributed by atoms with E-state index in [1.54, 1.807) is 7.11 Å². The smallest absolute Gasteiger partial charge is 0.119 e. The van der Waals surface area contributed by atoms with Crippen LogP contribution in [0.2, 0.25) is 0 Å². The summed E-state index contributed by atoms with van der Waals surface area (Å²) < 4.78 is 5.27. The molecule has 22 heavy (non-hydrogen) atoms. The molecule has 0 fully saturated rings. The second-order valence-electron chi connectivity index (χ2n) is 5.43. The number of hydrogen-bond acceptors (Lipinski definition) is 2. The summed E-state index contributed by atoms with van der Waals surface area (Å²) in [7, 11) is 1.68. The highest BCUT2D eigenvalue weighted by molar-refractivity contribution is 5.97. The van der Waals surface area contributed by atoms with Crippen molar-refractivity contribution >= 4 is 21.8 Å². The van der Waals surface area contributed by atoms with Gasteiger partial charge in [-0.15, -0.1) is 0 Å². The molecule has 0 aliphatic carbocycles. The minimum Gasteiger partial charge on any atom is -0.497 e. The van der Waals surface area contributed by atoms with E-state index in [2.05, 4.69) is 42.2 Å². The van der Waals surface area contributed by atoms with Crippen LogP contribution in [0.5, 0.6) is 5.75 Å². The normalized spacial score (nSPS) is 11.2. The van der Waals surface area contributed by atoms with Crippen molar-refractivity contribution in [2.75, 3.05) is 7.11 Å². The Morgan fingerprint density at radius 2 is 1.86 bits per heavy atom. The van der Waals surface area contributed by atoms with Crippen molar-refractivity contribution in [1.82, 2.24) is 9.97 Å². The lowest BCUT2D eigenvalue weighted by atomic mass is 10.1. The number of ether oxygens (including phenoxy) is 1. The molecule has 0 aliphatic rings. The maximum Gasteiger partial charge on any atom is 0.119 e. The molecule has 0 unspecified atom stereocenters. The SMILES string of the molecule is COc1ccc2nc(-c3c(C)[nH]c4ccccc34)ccc2c1. The molecule has 2 aromatic carbocycles. The summed E-state index contributed by atoms with van der Waals surface area (Å²) in [6.45, 7) is 2.09. The summed E-state index contributed by atoms with van der Waals surface area (Å²) in [5.41, 5.74) is 5.43. The molecule has 2 heterocycles. The van der Waals surface area contributed by atoms with Crippen molar-refractivity contribution in [3.63, 3.8) is 0 Å². The van der Waals surface area contributed by atoms with Gasteiger partial charge >= 0.3 is 0 Å². The molecular formula is C19H16N2O. The van der Waals surface area contributed by atoms with Crippen LogP contribution in [-0.2, 0) is 0 Å². The van der Waals surface area contributed by atoms with Gasteiger partial charge in [-0.25, -0.2) is 4.98 Å². The minimum atomic E-state index is 0.852. The number of pyridine rings is 1. The van der Waals surface area contributed by atoms with E-state index in [-0.39, 0.29) is 0 Å². The quantitative estimate of drug-likeness (QED) is 0.580. The van der Waals surface area contributed by atoms with E-state index < -0.39 is 0 Å². The lowest BCUT2D eigenvalue weighted by Gasteiger charge is -2.05. The van der Waals surface area contributed by atoms with Crippen molar-refractivity contribution in [3.8, 4) is 17.0 Å². The minimum absolute atomic E-state index is 0.852. The van der Waals surface area contributed by atoms with Crippen LogP contribution in [0, 0.1) is 6.92 Å². The van der Waals surface area contributed by atoms with Gasteiger partial charge in [-0.3, -0.25) is 0 Å². The van der Waals surface area contributed by atoms with Gasteiger partial charge in [0.25, 0.3) is 0 Å². The van der Waals surface area contributed by atoms with Gasteiger partial charge in [-0.05, 0) is 37.3 Å². The highest BCUT2D eigenvalue weighted by atomic mass is 16.5. The van der Waals surface area contributed by atoms with E-state index in [1.807, 2.05) is 24.3 Å². The molecule has 4 aromatic rings. The maximum absolute atomic E-state index is 5.27. The lowest BCUT2D eigenvalue weighted by molar-refractivity contribution is 0.415. The third-order valence-electron chi connectivity index (χ3n) is 4.05. The number of para-hydroxylation sites is 1. The first-order chi connectivity index (χ1) is 10.8. The van der Waals surface area contributed by atoms with Crippen molar-refractivity contribution in [3.05, 3.63) is 60.3 Å². The largest absolute Gasteiger partial charge is 0.497 e. The van der Waals surface area contributed by atoms with Crippen LogP contribution in [0.15, 0.2) is 54.6 Å². The molecule has 4 rings (SSSR count). The van der Waals surface area contributed by atoms with E-state index in [0.29, 0.717) is 0 Å². The van der Waals surface area contributed by atoms with E-state index in [1.165, 1.54) is 10.9 Å². The standard InChI is InChI=1S/C19H16N2O/c1-12-19(15-5-3-4-6-17(15)20-12)18-9-7-13-11-14(22-2)8-10-16(13)21-18/h3-11,20H,1-2H3. The zero-order valence-corrected chi connectivity index (χ0v) is 12.6. The Hall–Kier alpha value is -2.81. The van der Waals surface area contributed by atoms with E-state index >= 15 is 0 Å². The van der Waals surface area contributed by atoms with Crippen molar-refractivity contribution in [2.24, 2.45) is 0 Å². The number of benzene rings is 2. The highest BCUT2D eigenvalue weighted by Crippen LogP contribution is 2.32. The van der Waals surface area contributed by atoms with Gasteiger partial charge in [-0.2, -0.15) is 0 Å². The number of hydrogen-bond donors (Lipinski definition) is 1. The predicted octanol–water partition coefficient (Wildman–Crippen LogP) is 4.70.